The van der Waals surface area contributed by atoms with E-state index in [9.17, 15) is 0 Å². The molecule has 9 rings (SSSR count). The number of fused-ring (bicyclic) bond motifs is 8. The van der Waals surface area contributed by atoms with Crippen molar-refractivity contribution in [2.45, 2.75) is 71.6 Å². The van der Waals surface area contributed by atoms with Crippen LogP contribution in [0.5, 0.6) is 11.5 Å². The van der Waals surface area contributed by atoms with Crippen molar-refractivity contribution >= 4 is 57.1 Å². The van der Waals surface area contributed by atoms with Gasteiger partial charge in [0.1, 0.15) is 11.5 Å². The highest BCUT2D eigenvalue weighted by molar-refractivity contribution is 7.68. The van der Waals surface area contributed by atoms with Crippen molar-refractivity contribution < 1.29 is 4.74 Å². The number of hydrogen-bond donors (Lipinski definition) is 0. The van der Waals surface area contributed by atoms with Crippen molar-refractivity contribution in [1.82, 2.24) is 0 Å². The lowest BCUT2D eigenvalue weighted by atomic mass is 9.72. The van der Waals surface area contributed by atoms with Crippen molar-refractivity contribution in [3.05, 3.63) is 144 Å². The van der Waals surface area contributed by atoms with Gasteiger partial charge in [-0.1, -0.05) is 180 Å². The largest absolute Gasteiger partial charge is 0.455 e. The molecular formula is C47H44OP2. The van der Waals surface area contributed by atoms with E-state index in [1.165, 1.54) is 74.9 Å². The topological polar surface area (TPSA) is 9.23 Å². The van der Waals surface area contributed by atoms with Crippen LogP contribution in [0.2, 0.25) is 0 Å². The first-order valence-corrected chi connectivity index (χ1v) is 20.6. The van der Waals surface area contributed by atoms with E-state index in [1.807, 2.05) is 0 Å². The number of rotatable bonds is 2. The van der Waals surface area contributed by atoms with Gasteiger partial charge in [-0.3, -0.25) is 0 Å². The van der Waals surface area contributed by atoms with E-state index in [2.05, 4.69) is 177 Å². The molecule has 0 bridgehead atoms. The quantitative estimate of drug-likeness (QED) is 0.176. The standard InChI is InChI=1S/C47H44OP2/c1-45(2,3)29-25-35-43(41(27-29)49-37-21-13-9-17-31(37)32-18-10-14-22-38(32)49)48-44-36(47(35,7)8)26-30(46(4,5)6)28-42(44)50-39-23-15-11-19-33(39)34-20-12-16-24-40(34)50/h9-28H,1-8H3. The molecule has 248 valence electrons. The number of hydrogen-bond acceptors (Lipinski definition) is 1. The summed E-state index contributed by atoms with van der Waals surface area (Å²) in [5.74, 6) is 2.13. The lowest BCUT2D eigenvalue weighted by Crippen LogP contribution is -2.27. The van der Waals surface area contributed by atoms with Crippen LogP contribution in [0.3, 0.4) is 0 Å². The summed E-state index contributed by atoms with van der Waals surface area (Å²) in [7, 11) is -1.66. The van der Waals surface area contributed by atoms with Crippen LogP contribution in [0.4, 0.5) is 0 Å². The Kier molecular flexibility index (Phi) is 6.88. The first kappa shape index (κ1) is 31.7. The van der Waals surface area contributed by atoms with Gasteiger partial charge in [-0.05, 0) is 55.6 Å². The maximum Gasteiger partial charge on any atom is 0.143 e. The molecule has 1 aliphatic heterocycles. The average molecular weight is 687 g/mol. The Bertz CT molecular complexity index is 2380. The Morgan fingerprint density at radius 2 is 0.740 bits per heavy atom. The van der Waals surface area contributed by atoms with Crippen molar-refractivity contribution in [3.8, 4) is 22.1 Å². The molecule has 8 aromatic rings. The molecule has 0 saturated carbocycles. The van der Waals surface area contributed by atoms with Crippen LogP contribution in [0.25, 0.3) is 52.6 Å². The smallest absolute Gasteiger partial charge is 0.143 e. The molecule has 0 radical (unpaired) electrons. The highest BCUT2D eigenvalue weighted by Crippen LogP contribution is 2.66. The number of benzene rings is 6. The summed E-state index contributed by atoms with van der Waals surface area (Å²) in [4.78, 5) is 0. The molecule has 6 aromatic carbocycles. The van der Waals surface area contributed by atoms with Crippen LogP contribution < -0.4 is 4.74 Å². The van der Waals surface area contributed by atoms with Gasteiger partial charge in [-0.15, -0.1) is 0 Å². The maximum atomic E-state index is 7.63. The van der Waals surface area contributed by atoms with Crippen LogP contribution in [-0.2, 0) is 16.2 Å². The molecule has 0 aliphatic carbocycles. The molecular weight excluding hydrogens is 642 g/mol. The molecule has 0 unspecified atom stereocenters. The normalized spacial score (nSPS) is 14.3. The van der Waals surface area contributed by atoms with E-state index in [0.29, 0.717) is 0 Å². The Morgan fingerprint density at radius 3 is 1.04 bits per heavy atom. The maximum absolute atomic E-state index is 7.63. The van der Waals surface area contributed by atoms with Gasteiger partial charge in [0.15, 0.2) is 0 Å². The zero-order valence-corrected chi connectivity index (χ0v) is 32.1. The Morgan fingerprint density at radius 1 is 0.440 bits per heavy atom. The van der Waals surface area contributed by atoms with E-state index < -0.39 is 15.1 Å². The summed E-state index contributed by atoms with van der Waals surface area (Å²) in [5.41, 5.74) is 5.01. The van der Waals surface area contributed by atoms with Gasteiger partial charge >= 0.3 is 0 Å². The lowest BCUT2D eigenvalue weighted by molar-refractivity contribution is 0.420. The third-order valence-electron chi connectivity index (χ3n) is 11.1. The molecule has 0 amide bonds. The fourth-order valence-electron chi connectivity index (χ4n) is 8.18. The second-order valence-corrected chi connectivity index (χ2v) is 20.9. The third-order valence-corrected chi connectivity index (χ3v) is 16.2. The van der Waals surface area contributed by atoms with E-state index in [1.54, 1.807) is 0 Å². The van der Waals surface area contributed by atoms with Crippen LogP contribution in [0.15, 0.2) is 121 Å². The first-order valence-electron chi connectivity index (χ1n) is 17.9. The van der Waals surface area contributed by atoms with Crippen LogP contribution in [0.1, 0.15) is 77.6 Å². The summed E-state index contributed by atoms with van der Waals surface area (Å²) in [5, 5.41) is 13.8. The minimum atomic E-state index is -0.829. The molecule has 0 saturated heterocycles. The van der Waals surface area contributed by atoms with Crippen molar-refractivity contribution in [1.29, 1.82) is 0 Å². The molecule has 0 N–H and O–H groups in total. The van der Waals surface area contributed by atoms with Crippen LogP contribution in [0, 0.1) is 0 Å². The van der Waals surface area contributed by atoms with Crippen molar-refractivity contribution in [3.63, 3.8) is 0 Å². The summed E-state index contributed by atoms with van der Waals surface area (Å²) < 4.78 is 7.63. The van der Waals surface area contributed by atoms with E-state index in [0.717, 1.165) is 11.5 Å². The SMILES string of the molecule is CC(C)(C)c1cc(-p2c3ccccc3c3ccccc32)c2c(c1)C(C)(C)c1cc(C(C)(C)C)cc(-p3c4ccccc4c4ccccc43)c1O2. The van der Waals surface area contributed by atoms with Crippen LogP contribution in [-0.4, -0.2) is 0 Å². The molecule has 0 fully saturated rings. The van der Waals surface area contributed by atoms with Crippen molar-refractivity contribution in [2.24, 2.45) is 0 Å². The second kappa shape index (κ2) is 10.9. The zero-order chi connectivity index (χ0) is 34.7. The monoisotopic (exact) mass is 686 g/mol. The molecule has 3 heterocycles. The molecule has 2 aromatic heterocycles. The highest BCUT2D eigenvalue weighted by atomic mass is 31.1. The molecule has 0 spiro atoms. The highest BCUT2D eigenvalue weighted by Gasteiger charge is 2.40. The van der Waals surface area contributed by atoms with Gasteiger partial charge in [0, 0.05) is 47.6 Å². The van der Waals surface area contributed by atoms with E-state index in [-0.39, 0.29) is 16.2 Å². The van der Waals surface area contributed by atoms with Gasteiger partial charge in [-0.25, -0.2) is 0 Å². The molecule has 3 heteroatoms. The van der Waals surface area contributed by atoms with Gasteiger partial charge in [-0.2, -0.15) is 0 Å². The molecule has 0 atom stereocenters. The van der Waals surface area contributed by atoms with Gasteiger partial charge in [0.25, 0.3) is 0 Å². The fourth-order valence-corrected chi connectivity index (χ4v) is 13.7. The lowest BCUT2D eigenvalue weighted by Gasteiger charge is -2.39. The second-order valence-electron chi connectivity index (χ2n) is 16.7. The predicted octanol–water partition coefficient (Wildman–Crippen LogP) is 15.3. The Hall–Kier alpha value is -4.28. The minimum absolute atomic E-state index is 0.0207. The van der Waals surface area contributed by atoms with Crippen molar-refractivity contribution in [2.75, 3.05) is 0 Å². The van der Waals surface area contributed by atoms with E-state index >= 15 is 0 Å². The Labute approximate surface area is 298 Å². The average Bonchev–Trinajstić information content (AvgIpc) is 3.60. The van der Waals surface area contributed by atoms with Gasteiger partial charge in [0.2, 0.25) is 0 Å². The summed E-state index contributed by atoms with van der Waals surface area (Å²) >= 11 is 0. The summed E-state index contributed by atoms with van der Waals surface area (Å²) in [6.45, 7) is 19.0. The third kappa shape index (κ3) is 4.60. The van der Waals surface area contributed by atoms with Gasteiger partial charge in [0.05, 0.1) is 0 Å². The summed E-state index contributed by atoms with van der Waals surface area (Å²) in [6, 6.07) is 46.2. The molecule has 50 heavy (non-hydrogen) atoms. The van der Waals surface area contributed by atoms with E-state index in [4.69, 9.17) is 4.74 Å². The first-order chi connectivity index (χ1) is 23.8. The Balaban J connectivity index is 1.42. The van der Waals surface area contributed by atoms with Crippen LogP contribution >= 0.6 is 15.1 Å². The minimum Gasteiger partial charge on any atom is -0.455 e. The molecule has 1 aliphatic rings. The number of ether oxygens (including phenoxy) is 1. The summed E-state index contributed by atoms with van der Waals surface area (Å²) in [6.07, 6.45) is 0. The fraction of sp³-hybridized carbons (Fsp3) is 0.234. The molecule has 1 nitrogen and oxygen atoms in total. The zero-order valence-electron chi connectivity index (χ0n) is 30.3. The van der Waals surface area contributed by atoms with Gasteiger partial charge < -0.3 is 4.74 Å². The predicted molar refractivity (Wildman–Crippen MR) is 221 cm³/mol.